The van der Waals surface area contributed by atoms with Gasteiger partial charge in [0.2, 0.25) is 0 Å². The molecular weight excluding hydrogens is 698 g/mol. The van der Waals surface area contributed by atoms with Gasteiger partial charge in [-0.05, 0) is 101 Å². The predicted octanol–water partition coefficient (Wildman–Crippen LogP) is 2.65. The number of methoxy groups -OCH3 is 1. The van der Waals surface area contributed by atoms with Gasteiger partial charge in [0.25, 0.3) is 0 Å². The average molecular weight is 776 g/mol. The number of hydrogen-bond acceptors (Lipinski definition) is 14. The highest BCUT2D eigenvalue weighted by Gasteiger charge is 2.52. The van der Waals surface area contributed by atoms with Gasteiger partial charge in [0, 0.05) is 38.1 Å². The number of aliphatic hydroxyl groups excluding tert-OH is 2. The van der Waals surface area contributed by atoms with Crippen molar-refractivity contribution in [2.75, 3.05) is 34.3 Å². The first-order valence-corrected chi connectivity index (χ1v) is 20.3. The summed E-state index contributed by atoms with van der Waals surface area (Å²) in [7, 11) is 5.43. The summed E-state index contributed by atoms with van der Waals surface area (Å²) in [6, 6.07) is -1.21. The van der Waals surface area contributed by atoms with Gasteiger partial charge in [-0.15, -0.1) is 0 Å². The summed E-state index contributed by atoms with van der Waals surface area (Å²) < 4.78 is 38.1. The first kappa shape index (κ1) is 47.4. The summed E-state index contributed by atoms with van der Waals surface area (Å²) in [6.45, 7) is 21.4. The van der Waals surface area contributed by atoms with Crippen LogP contribution in [0.5, 0.6) is 0 Å². The van der Waals surface area contributed by atoms with Crippen LogP contribution in [0.2, 0.25) is 0 Å². The Hall–Kier alpha value is -1.01. The van der Waals surface area contributed by atoms with E-state index in [9.17, 15) is 25.2 Å². The van der Waals surface area contributed by atoms with Crippen LogP contribution in [0.1, 0.15) is 108 Å². The summed E-state index contributed by atoms with van der Waals surface area (Å²) in [5.41, 5.74) is 2.39. The van der Waals surface area contributed by atoms with Crippen molar-refractivity contribution in [1.82, 2.24) is 9.80 Å². The number of hydrogen-bond donors (Lipinski definition) is 5. The highest BCUT2D eigenvalue weighted by molar-refractivity contribution is 5.73. The Balaban J connectivity index is 2.18. The van der Waals surface area contributed by atoms with Gasteiger partial charge in [-0.3, -0.25) is 4.79 Å². The van der Waals surface area contributed by atoms with E-state index in [-0.39, 0.29) is 37.3 Å². The Morgan fingerprint density at radius 1 is 1.00 bits per heavy atom. The third-order valence-corrected chi connectivity index (χ3v) is 12.8. The van der Waals surface area contributed by atoms with Crippen LogP contribution in [-0.2, 0) is 33.2 Å². The van der Waals surface area contributed by atoms with Gasteiger partial charge in [-0.25, -0.2) is 0 Å². The lowest BCUT2D eigenvalue weighted by Crippen LogP contribution is -2.62. The van der Waals surface area contributed by atoms with Crippen molar-refractivity contribution in [2.45, 2.75) is 199 Å². The fourth-order valence-electron chi connectivity index (χ4n) is 9.22. The maximum atomic E-state index is 14.3. The minimum atomic E-state index is -1.79. The van der Waals surface area contributed by atoms with E-state index in [1.165, 1.54) is 6.92 Å². The molecule has 14 nitrogen and oxygen atoms in total. The predicted molar refractivity (Wildman–Crippen MR) is 205 cm³/mol. The Morgan fingerprint density at radius 3 is 2.20 bits per heavy atom. The summed E-state index contributed by atoms with van der Waals surface area (Å²) in [4.78, 5) is 18.3. The van der Waals surface area contributed by atoms with Gasteiger partial charge in [0.1, 0.15) is 23.9 Å². The smallest absolute Gasteiger partial charge is 0.311 e. The first-order chi connectivity index (χ1) is 24.9. The molecule has 3 fully saturated rings. The second-order valence-electron chi connectivity index (χ2n) is 17.8. The molecule has 14 heteroatoms. The molecule has 0 aromatic heterocycles. The number of ether oxygens (including phenoxy) is 6. The van der Waals surface area contributed by atoms with Crippen molar-refractivity contribution in [3.63, 3.8) is 0 Å². The number of carbonyl (C=O) groups excluding carboxylic acids is 1. The van der Waals surface area contributed by atoms with Crippen molar-refractivity contribution in [3.05, 3.63) is 0 Å². The molecule has 3 heterocycles. The molecule has 18 atom stereocenters. The highest BCUT2D eigenvalue weighted by atomic mass is 16.7. The third kappa shape index (κ3) is 10.7. The maximum absolute atomic E-state index is 14.3. The van der Waals surface area contributed by atoms with Crippen molar-refractivity contribution in [3.8, 4) is 0 Å². The molecule has 0 radical (unpaired) electrons. The minimum Gasteiger partial charge on any atom is -0.459 e. The topological polar surface area (TPSA) is 186 Å². The molecule has 3 aliphatic heterocycles. The van der Waals surface area contributed by atoms with Crippen LogP contribution in [0.15, 0.2) is 0 Å². The molecule has 54 heavy (non-hydrogen) atoms. The zero-order valence-electron chi connectivity index (χ0n) is 35.7. The molecule has 318 valence electrons. The van der Waals surface area contributed by atoms with E-state index in [0.29, 0.717) is 13.0 Å². The van der Waals surface area contributed by atoms with Crippen LogP contribution < -0.4 is 5.73 Å². The molecule has 0 spiro atoms. The molecule has 3 rings (SSSR count). The van der Waals surface area contributed by atoms with Gasteiger partial charge in [-0.2, -0.15) is 0 Å². The number of aliphatic hydroxyl groups is 4. The second-order valence-corrected chi connectivity index (χ2v) is 17.8. The average Bonchev–Trinajstić information content (AvgIpc) is 3.09. The van der Waals surface area contributed by atoms with E-state index < -0.39 is 95.9 Å². The number of carbonyl (C=O) groups is 1. The normalized spacial score (nSPS) is 48.2. The Morgan fingerprint density at radius 2 is 1.63 bits per heavy atom. The molecule has 0 aromatic rings. The Labute approximate surface area is 325 Å². The van der Waals surface area contributed by atoms with Crippen LogP contribution in [0.3, 0.4) is 0 Å². The molecule has 0 saturated carbocycles. The maximum Gasteiger partial charge on any atom is 0.311 e. The van der Waals surface area contributed by atoms with Crippen LogP contribution in [-0.4, -0.2) is 161 Å². The number of likely N-dealkylation sites (N-methyl/N-ethyl adjacent to an activating group) is 2. The number of nitrogens with two attached hydrogens (primary N) is 1. The Bertz CT molecular complexity index is 1180. The van der Waals surface area contributed by atoms with E-state index in [1.807, 2.05) is 60.5 Å². The van der Waals surface area contributed by atoms with E-state index in [0.717, 1.165) is 13.0 Å². The van der Waals surface area contributed by atoms with Gasteiger partial charge in [-0.1, -0.05) is 27.7 Å². The summed E-state index contributed by atoms with van der Waals surface area (Å²) in [5, 5.41) is 47.7. The number of nitrogens with zero attached hydrogens (tertiary/aromatic N) is 2. The van der Waals surface area contributed by atoms with Crippen molar-refractivity contribution < 1.29 is 53.6 Å². The fraction of sp³-hybridized carbons (Fsp3) is 0.975. The lowest BCUT2D eigenvalue weighted by Gasteiger charge is -2.49. The molecule has 0 amide bonds. The first-order valence-electron chi connectivity index (χ1n) is 20.3. The zero-order chi connectivity index (χ0) is 41.1. The third-order valence-electron chi connectivity index (χ3n) is 12.8. The Kier molecular flexibility index (Phi) is 16.8. The highest BCUT2D eigenvalue weighted by Crippen LogP contribution is 2.40. The van der Waals surface area contributed by atoms with E-state index in [4.69, 9.17) is 34.2 Å². The molecular formula is C40H77N3O11. The molecule has 0 bridgehead atoms. The van der Waals surface area contributed by atoms with Gasteiger partial charge in [0.05, 0.1) is 47.6 Å². The van der Waals surface area contributed by atoms with Crippen LogP contribution in [0, 0.1) is 17.8 Å². The van der Waals surface area contributed by atoms with Crippen molar-refractivity contribution in [1.29, 1.82) is 0 Å². The molecule has 3 saturated heterocycles. The molecule has 3 aliphatic rings. The molecule has 0 aromatic carbocycles. The second kappa shape index (κ2) is 19.2. The van der Waals surface area contributed by atoms with Crippen molar-refractivity contribution in [2.24, 2.45) is 23.5 Å². The largest absolute Gasteiger partial charge is 0.459 e. The summed E-state index contributed by atoms with van der Waals surface area (Å²) in [5.74, 6) is -2.48. The van der Waals surface area contributed by atoms with Gasteiger partial charge >= 0.3 is 5.97 Å². The minimum absolute atomic E-state index is 0.129. The van der Waals surface area contributed by atoms with E-state index >= 15 is 0 Å². The van der Waals surface area contributed by atoms with Crippen molar-refractivity contribution >= 4 is 5.97 Å². The zero-order valence-corrected chi connectivity index (χ0v) is 35.7. The molecule has 0 aliphatic carbocycles. The van der Waals surface area contributed by atoms with Crippen LogP contribution in [0.4, 0.5) is 0 Å². The van der Waals surface area contributed by atoms with E-state index in [1.54, 1.807) is 27.9 Å². The lowest BCUT2D eigenvalue weighted by atomic mass is 9.77. The molecule has 6 N–H and O–H groups in total. The number of rotatable bonds is 9. The standard InChI is InChI=1S/C40H77N3O11/c1-15-17-42(12)28-18-23(4)50-37(31(28)44)54-35-24(5)32(53-30-20-39(10,49-14)33(41)27(8)51-30)25(6)36(46)52-29(16-2)40(11,48)34(45)26(7)43(13)21-22(3)19-38(35,9)47/h22-35,37,44-45,47-48H,15-21,41H2,1-14H3/t22-,23-,24+,25-,26-,27+,28+,29-,30+,31-,32+,33+,34-,35-,37+,38-,39-,40-/m1/s1. The van der Waals surface area contributed by atoms with Crippen LogP contribution in [0.25, 0.3) is 0 Å². The quantitative estimate of drug-likeness (QED) is 0.215. The number of cyclic esters (lactones) is 1. The monoisotopic (exact) mass is 776 g/mol. The lowest BCUT2D eigenvalue weighted by molar-refractivity contribution is -0.311. The fourth-order valence-corrected chi connectivity index (χ4v) is 9.22. The van der Waals surface area contributed by atoms with E-state index in [2.05, 4.69) is 11.8 Å². The summed E-state index contributed by atoms with van der Waals surface area (Å²) >= 11 is 0. The summed E-state index contributed by atoms with van der Waals surface area (Å²) in [6.07, 6.45) is -5.71. The molecule has 0 unspecified atom stereocenters. The van der Waals surface area contributed by atoms with Gasteiger partial charge in [0.15, 0.2) is 12.6 Å². The SMILES string of the molecule is CCCN(C)[C@H]1C[C@@H](C)O[C@@H](O[C@@H]2[C@@H](C)[C@H](O[C@H]3C[C@@](C)(OC)[C@@H](N)[C@H](C)O3)[C@@H](C)C(=O)O[C@H](CC)[C@@](C)(O)[C@H](O)[C@@H](C)N(C)C[C@H](C)C[C@@]2(C)O)[C@@H]1O. The van der Waals surface area contributed by atoms with Gasteiger partial charge < -0.3 is 64.4 Å². The number of esters is 1. The van der Waals surface area contributed by atoms with Crippen LogP contribution >= 0.6 is 0 Å².